The molecular weight excluding hydrogens is 222 g/mol. The summed E-state index contributed by atoms with van der Waals surface area (Å²) in [6.45, 7) is 6.47. The molecule has 96 valence electrons. The van der Waals surface area contributed by atoms with Crippen LogP contribution in [0.3, 0.4) is 0 Å². The van der Waals surface area contributed by atoms with Gasteiger partial charge in [0.1, 0.15) is 5.65 Å². The standard InChI is InChI=1S/C15H21N3/c1-11(13-6-7-13)9-16-10-14-12(2)17-15-5-3-4-8-18(14)15/h3-5,8,11,13,16H,6-7,9-10H2,1-2H3. The quantitative estimate of drug-likeness (QED) is 0.875. The van der Waals surface area contributed by atoms with Crippen LogP contribution < -0.4 is 5.32 Å². The fourth-order valence-corrected chi connectivity index (χ4v) is 2.63. The van der Waals surface area contributed by atoms with E-state index in [1.54, 1.807) is 0 Å². The fraction of sp³-hybridized carbons (Fsp3) is 0.533. The van der Waals surface area contributed by atoms with Gasteiger partial charge in [-0.05, 0) is 50.3 Å². The Morgan fingerprint density at radius 2 is 2.28 bits per heavy atom. The highest BCUT2D eigenvalue weighted by molar-refractivity contribution is 5.42. The summed E-state index contributed by atoms with van der Waals surface area (Å²) in [5, 5.41) is 3.58. The zero-order chi connectivity index (χ0) is 12.5. The Hall–Kier alpha value is -1.35. The summed E-state index contributed by atoms with van der Waals surface area (Å²) in [5.41, 5.74) is 3.46. The molecule has 0 bridgehead atoms. The summed E-state index contributed by atoms with van der Waals surface area (Å²) >= 11 is 0. The van der Waals surface area contributed by atoms with E-state index in [2.05, 4.69) is 46.9 Å². The Kier molecular flexibility index (Phi) is 3.08. The minimum absolute atomic E-state index is 0.810. The number of hydrogen-bond donors (Lipinski definition) is 1. The summed E-state index contributed by atoms with van der Waals surface area (Å²) in [6.07, 6.45) is 4.95. The van der Waals surface area contributed by atoms with Gasteiger partial charge in [-0.3, -0.25) is 0 Å². The van der Waals surface area contributed by atoms with Crippen molar-refractivity contribution in [3.8, 4) is 0 Å². The first-order valence-electron chi connectivity index (χ1n) is 6.89. The maximum atomic E-state index is 4.58. The second-order valence-corrected chi connectivity index (χ2v) is 5.52. The van der Waals surface area contributed by atoms with Crippen LogP contribution in [-0.2, 0) is 6.54 Å². The molecule has 1 N–H and O–H groups in total. The van der Waals surface area contributed by atoms with Crippen LogP contribution in [0.1, 0.15) is 31.2 Å². The van der Waals surface area contributed by atoms with Crippen LogP contribution in [0.4, 0.5) is 0 Å². The van der Waals surface area contributed by atoms with Gasteiger partial charge in [0.2, 0.25) is 0 Å². The Balaban J connectivity index is 1.68. The predicted octanol–water partition coefficient (Wildman–Crippen LogP) is 2.78. The number of aromatic nitrogens is 2. The van der Waals surface area contributed by atoms with Crippen molar-refractivity contribution in [2.75, 3.05) is 6.54 Å². The number of nitrogens with zero attached hydrogens (tertiary/aromatic N) is 2. The molecule has 1 atom stereocenters. The van der Waals surface area contributed by atoms with Crippen LogP contribution in [0.25, 0.3) is 5.65 Å². The van der Waals surface area contributed by atoms with Crippen molar-refractivity contribution in [1.29, 1.82) is 0 Å². The number of hydrogen-bond acceptors (Lipinski definition) is 2. The topological polar surface area (TPSA) is 29.3 Å². The number of imidazole rings is 1. The third-order valence-corrected chi connectivity index (χ3v) is 4.01. The molecule has 0 aromatic carbocycles. The molecule has 3 rings (SSSR count). The van der Waals surface area contributed by atoms with E-state index in [-0.39, 0.29) is 0 Å². The number of fused-ring (bicyclic) bond motifs is 1. The van der Waals surface area contributed by atoms with Gasteiger partial charge in [0.05, 0.1) is 11.4 Å². The molecular formula is C15H21N3. The molecule has 1 aliphatic rings. The minimum Gasteiger partial charge on any atom is -0.311 e. The molecule has 1 aliphatic carbocycles. The first-order valence-corrected chi connectivity index (χ1v) is 6.89. The number of aryl methyl sites for hydroxylation is 1. The number of pyridine rings is 1. The van der Waals surface area contributed by atoms with Gasteiger partial charge in [0.25, 0.3) is 0 Å². The van der Waals surface area contributed by atoms with Crippen LogP contribution in [0.5, 0.6) is 0 Å². The van der Waals surface area contributed by atoms with Crippen LogP contribution in [0.2, 0.25) is 0 Å². The molecule has 18 heavy (non-hydrogen) atoms. The average Bonchev–Trinajstić information content (AvgIpc) is 3.15. The summed E-state index contributed by atoms with van der Waals surface area (Å²) in [4.78, 5) is 4.58. The molecule has 0 aliphatic heterocycles. The third-order valence-electron chi connectivity index (χ3n) is 4.01. The number of rotatable bonds is 5. The van der Waals surface area contributed by atoms with Gasteiger partial charge < -0.3 is 9.72 Å². The van der Waals surface area contributed by atoms with E-state index in [0.29, 0.717) is 0 Å². The molecule has 2 aromatic heterocycles. The molecule has 3 nitrogen and oxygen atoms in total. The average molecular weight is 243 g/mol. The van der Waals surface area contributed by atoms with E-state index >= 15 is 0 Å². The minimum atomic E-state index is 0.810. The van der Waals surface area contributed by atoms with Crippen molar-refractivity contribution < 1.29 is 0 Å². The lowest BCUT2D eigenvalue weighted by atomic mass is 10.1. The molecule has 3 heteroatoms. The van der Waals surface area contributed by atoms with Crippen molar-refractivity contribution in [1.82, 2.24) is 14.7 Å². The van der Waals surface area contributed by atoms with Crippen LogP contribution in [0, 0.1) is 18.8 Å². The Morgan fingerprint density at radius 3 is 3.06 bits per heavy atom. The van der Waals surface area contributed by atoms with E-state index in [1.165, 1.54) is 18.5 Å². The summed E-state index contributed by atoms with van der Waals surface area (Å²) in [7, 11) is 0. The largest absolute Gasteiger partial charge is 0.311 e. The molecule has 0 spiro atoms. The van der Waals surface area contributed by atoms with Gasteiger partial charge >= 0.3 is 0 Å². The van der Waals surface area contributed by atoms with Gasteiger partial charge in [-0.2, -0.15) is 0 Å². The van der Waals surface area contributed by atoms with Crippen molar-refractivity contribution in [2.45, 2.75) is 33.2 Å². The van der Waals surface area contributed by atoms with Crippen molar-refractivity contribution in [3.05, 3.63) is 35.8 Å². The predicted molar refractivity (Wildman–Crippen MR) is 73.5 cm³/mol. The Labute approximate surface area is 108 Å². The lowest BCUT2D eigenvalue weighted by molar-refractivity contribution is 0.459. The second-order valence-electron chi connectivity index (χ2n) is 5.52. The van der Waals surface area contributed by atoms with Crippen molar-refractivity contribution in [2.24, 2.45) is 11.8 Å². The van der Waals surface area contributed by atoms with E-state index in [0.717, 1.165) is 36.3 Å². The number of nitrogens with one attached hydrogen (secondary N) is 1. The molecule has 1 saturated carbocycles. The zero-order valence-electron chi connectivity index (χ0n) is 11.2. The summed E-state index contributed by atoms with van der Waals surface area (Å²) in [5.74, 6) is 1.78. The highest BCUT2D eigenvalue weighted by Crippen LogP contribution is 2.36. The van der Waals surface area contributed by atoms with Crippen LogP contribution >= 0.6 is 0 Å². The van der Waals surface area contributed by atoms with Crippen LogP contribution in [-0.4, -0.2) is 15.9 Å². The first-order chi connectivity index (χ1) is 8.75. The zero-order valence-corrected chi connectivity index (χ0v) is 11.2. The molecule has 0 radical (unpaired) electrons. The van der Waals surface area contributed by atoms with Gasteiger partial charge in [0.15, 0.2) is 0 Å². The monoisotopic (exact) mass is 243 g/mol. The molecule has 2 aromatic rings. The van der Waals surface area contributed by atoms with Crippen LogP contribution in [0.15, 0.2) is 24.4 Å². The molecule has 0 amide bonds. The van der Waals surface area contributed by atoms with E-state index in [9.17, 15) is 0 Å². The van der Waals surface area contributed by atoms with Gasteiger partial charge in [-0.25, -0.2) is 4.98 Å². The smallest absolute Gasteiger partial charge is 0.137 e. The second kappa shape index (κ2) is 4.73. The molecule has 1 unspecified atom stereocenters. The van der Waals surface area contributed by atoms with Crippen molar-refractivity contribution in [3.63, 3.8) is 0 Å². The molecule has 0 saturated heterocycles. The summed E-state index contributed by atoms with van der Waals surface area (Å²) in [6, 6.07) is 6.15. The molecule has 1 fully saturated rings. The highest BCUT2D eigenvalue weighted by Gasteiger charge is 2.27. The van der Waals surface area contributed by atoms with E-state index in [1.807, 2.05) is 6.07 Å². The van der Waals surface area contributed by atoms with Gasteiger partial charge in [-0.1, -0.05) is 13.0 Å². The maximum Gasteiger partial charge on any atom is 0.137 e. The van der Waals surface area contributed by atoms with Gasteiger partial charge in [-0.15, -0.1) is 0 Å². The molecule has 2 heterocycles. The lowest BCUT2D eigenvalue weighted by Gasteiger charge is -2.11. The Bertz CT molecular complexity index is 540. The van der Waals surface area contributed by atoms with Gasteiger partial charge in [0, 0.05) is 12.7 Å². The van der Waals surface area contributed by atoms with E-state index < -0.39 is 0 Å². The fourth-order valence-electron chi connectivity index (χ4n) is 2.63. The van der Waals surface area contributed by atoms with E-state index in [4.69, 9.17) is 0 Å². The first kappa shape index (κ1) is 11.7. The summed E-state index contributed by atoms with van der Waals surface area (Å²) < 4.78 is 2.18. The SMILES string of the molecule is Cc1nc2ccccn2c1CNCC(C)C1CC1. The normalized spacial score (nSPS) is 17.2. The maximum absolute atomic E-state index is 4.58. The van der Waals surface area contributed by atoms with Crippen molar-refractivity contribution >= 4 is 5.65 Å². The lowest BCUT2D eigenvalue weighted by Crippen LogP contribution is -2.22. The highest BCUT2D eigenvalue weighted by atomic mass is 15.0. The Morgan fingerprint density at radius 1 is 1.44 bits per heavy atom. The third kappa shape index (κ3) is 2.27.